The van der Waals surface area contributed by atoms with E-state index in [0.717, 1.165) is 5.56 Å². The van der Waals surface area contributed by atoms with Crippen LogP contribution in [-0.2, 0) is 4.74 Å². The molecule has 1 saturated heterocycles. The molecule has 3 rings (SSSR count). The van der Waals surface area contributed by atoms with Gasteiger partial charge in [0.2, 0.25) is 0 Å². The Hall–Kier alpha value is -2.19. The molecule has 1 N–H and O–H groups in total. The first kappa shape index (κ1) is 13.8. The number of aliphatic imine (C=N–C) groups is 1. The summed E-state index contributed by atoms with van der Waals surface area (Å²) in [6.45, 7) is 4.64. The van der Waals surface area contributed by atoms with Gasteiger partial charge < -0.3 is 14.7 Å². The van der Waals surface area contributed by atoms with Crippen LogP contribution in [0.1, 0.15) is 18.1 Å². The second-order valence-electron chi connectivity index (χ2n) is 5.34. The van der Waals surface area contributed by atoms with Crippen molar-refractivity contribution < 1.29 is 9.84 Å². The quantitative estimate of drug-likeness (QED) is 0.865. The maximum atomic E-state index is 9.94. The molecule has 0 spiro atoms. The number of ether oxygens (including phenoxy) is 1. The minimum Gasteiger partial charge on any atom is -0.510 e. The lowest BCUT2D eigenvalue weighted by molar-refractivity contribution is 0.202. The van der Waals surface area contributed by atoms with Gasteiger partial charge in [0.05, 0.1) is 16.3 Å². The number of halogens is 1. The number of fused-ring (bicyclic) bond motifs is 1. The van der Waals surface area contributed by atoms with Crippen LogP contribution in [-0.4, -0.2) is 34.7 Å². The van der Waals surface area contributed by atoms with E-state index in [1.165, 1.54) is 0 Å². The molecule has 0 aliphatic carbocycles. The molecule has 1 aromatic carbocycles. The summed E-state index contributed by atoms with van der Waals surface area (Å²) in [6.07, 6.45) is 1.76. The summed E-state index contributed by atoms with van der Waals surface area (Å²) in [7, 11) is 0. The predicted molar refractivity (Wildman–Crippen MR) is 79.8 cm³/mol. The molecule has 108 valence electrons. The molecule has 2 aliphatic rings. The molecule has 1 fully saturated rings. The average molecular weight is 304 g/mol. The third-order valence-corrected chi connectivity index (χ3v) is 4.51. The Bertz CT molecular complexity index is 720. The molecular weight excluding hydrogens is 290 g/mol. The number of aliphatic hydroxyl groups excluding tert-OH is 1. The Morgan fingerprint density at radius 2 is 2.29 bits per heavy atom. The zero-order valence-corrected chi connectivity index (χ0v) is 12.5. The first-order valence-electron chi connectivity index (χ1n) is 6.55. The van der Waals surface area contributed by atoms with Crippen LogP contribution < -0.4 is 0 Å². The second-order valence-corrected chi connectivity index (χ2v) is 5.72. The third kappa shape index (κ3) is 1.95. The second kappa shape index (κ2) is 4.68. The normalized spacial score (nSPS) is 25.5. The van der Waals surface area contributed by atoms with Crippen LogP contribution >= 0.6 is 11.6 Å². The lowest BCUT2D eigenvalue weighted by Gasteiger charge is -2.25. The number of hydrogen-bond donors (Lipinski definition) is 1. The van der Waals surface area contributed by atoms with E-state index in [-0.39, 0.29) is 0 Å². The van der Waals surface area contributed by atoms with Crippen molar-refractivity contribution in [2.45, 2.75) is 19.4 Å². The highest BCUT2D eigenvalue weighted by atomic mass is 35.5. The van der Waals surface area contributed by atoms with Crippen molar-refractivity contribution in [3.63, 3.8) is 0 Å². The fourth-order valence-electron chi connectivity index (χ4n) is 2.54. The molecule has 2 aliphatic heterocycles. The van der Waals surface area contributed by atoms with Crippen molar-refractivity contribution in [3.05, 3.63) is 40.1 Å². The van der Waals surface area contributed by atoms with E-state index < -0.39 is 5.54 Å². The summed E-state index contributed by atoms with van der Waals surface area (Å²) in [5, 5.41) is 19.3. The van der Waals surface area contributed by atoms with Crippen molar-refractivity contribution in [1.29, 1.82) is 5.26 Å². The fraction of sp³-hybridized carbons (Fsp3) is 0.333. The first-order chi connectivity index (χ1) is 9.97. The Morgan fingerprint density at radius 1 is 1.52 bits per heavy atom. The van der Waals surface area contributed by atoms with Gasteiger partial charge in [-0.15, -0.1) is 0 Å². The smallest absolute Gasteiger partial charge is 0.293 e. The van der Waals surface area contributed by atoms with E-state index in [1.807, 2.05) is 24.8 Å². The van der Waals surface area contributed by atoms with E-state index in [2.05, 4.69) is 4.99 Å². The fourth-order valence-corrected chi connectivity index (χ4v) is 2.74. The van der Waals surface area contributed by atoms with Gasteiger partial charge in [-0.25, -0.2) is 0 Å². The molecule has 0 bridgehead atoms. The molecule has 6 heteroatoms. The van der Waals surface area contributed by atoms with Crippen molar-refractivity contribution >= 4 is 23.3 Å². The lowest BCUT2D eigenvalue weighted by atomic mass is 10.0. The van der Waals surface area contributed by atoms with Gasteiger partial charge in [0, 0.05) is 6.54 Å². The highest BCUT2D eigenvalue weighted by Gasteiger charge is 2.48. The van der Waals surface area contributed by atoms with Crippen LogP contribution in [0.4, 0.5) is 5.69 Å². The van der Waals surface area contributed by atoms with Gasteiger partial charge in [-0.3, -0.25) is 0 Å². The van der Waals surface area contributed by atoms with Crippen LogP contribution in [0.25, 0.3) is 0 Å². The van der Waals surface area contributed by atoms with Crippen molar-refractivity contribution in [3.8, 4) is 6.07 Å². The maximum absolute atomic E-state index is 9.94. The topological polar surface area (TPSA) is 68.8 Å². The number of nitrogens with zero attached hydrogens (tertiary/aromatic N) is 3. The first-order valence-corrected chi connectivity index (χ1v) is 6.93. The van der Waals surface area contributed by atoms with Crippen LogP contribution in [0.3, 0.4) is 0 Å². The van der Waals surface area contributed by atoms with E-state index in [0.29, 0.717) is 41.2 Å². The van der Waals surface area contributed by atoms with Gasteiger partial charge in [0.25, 0.3) is 6.02 Å². The summed E-state index contributed by atoms with van der Waals surface area (Å²) >= 11 is 6.15. The van der Waals surface area contributed by atoms with E-state index in [1.54, 1.807) is 18.2 Å². The lowest BCUT2D eigenvalue weighted by Crippen LogP contribution is -2.42. The van der Waals surface area contributed by atoms with Gasteiger partial charge in [-0.1, -0.05) is 11.6 Å². The van der Waals surface area contributed by atoms with Gasteiger partial charge in [0.15, 0.2) is 0 Å². The van der Waals surface area contributed by atoms with E-state index >= 15 is 0 Å². The minimum absolute atomic E-state index is 0.308. The number of hydrogen-bond acceptors (Lipinski definition) is 4. The summed E-state index contributed by atoms with van der Waals surface area (Å²) < 4.78 is 5.62. The Labute approximate surface area is 127 Å². The zero-order valence-electron chi connectivity index (χ0n) is 11.7. The molecule has 5 nitrogen and oxygen atoms in total. The monoisotopic (exact) mass is 303 g/mol. The molecule has 1 atom stereocenters. The standard InChI is InChI=1S/C15H14ClN3O2/c1-9-11(4-3-10(7-17)13(9)16)18-14-19-6-5-12(20)15(19,2)8-21-14/h3-5,20H,6,8H2,1-2H3. The Morgan fingerprint density at radius 3 is 3.00 bits per heavy atom. The predicted octanol–water partition coefficient (Wildman–Crippen LogP) is 3.05. The maximum Gasteiger partial charge on any atom is 0.293 e. The molecule has 0 saturated carbocycles. The molecule has 0 radical (unpaired) electrons. The SMILES string of the molecule is Cc1c(N=C2OCC3(C)C(O)=CCN23)ccc(C#N)c1Cl. The number of benzene rings is 1. The number of aliphatic hydroxyl groups is 1. The van der Waals surface area contributed by atoms with E-state index in [4.69, 9.17) is 21.6 Å². The molecule has 0 aromatic heterocycles. The molecule has 0 amide bonds. The minimum atomic E-state index is -0.539. The summed E-state index contributed by atoms with van der Waals surface area (Å²) in [5.41, 5.74) is 1.28. The number of rotatable bonds is 1. The summed E-state index contributed by atoms with van der Waals surface area (Å²) in [4.78, 5) is 6.41. The van der Waals surface area contributed by atoms with Crippen molar-refractivity contribution in [2.24, 2.45) is 4.99 Å². The number of amidine groups is 1. The molecule has 21 heavy (non-hydrogen) atoms. The summed E-state index contributed by atoms with van der Waals surface area (Å²) in [6, 6.07) is 5.89. The molecule has 1 aromatic rings. The van der Waals surface area contributed by atoms with Crippen LogP contribution in [0.15, 0.2) is 29.0 Å². The highest BCUT2D eigenvalue weighted by Crippen LogP contribution is 2.36. The zero-order chi connectivity index (χ0) is 15.2. The van der Waals surface area contributed by atoms with Crippen LogP contribution in [0.2, 0.25) is 5.02 Å². The van der Waals surface area contributed by atoms with Crippen molar-refractivity contribution in [2.75, 3.05) is 13.2 Å². The van der Waals surface area contributed by atoms with Gasteiger partial charge in [-0.2, -0.15) is 10.3 Å². The van der Waals surface area contributed by atoms with Crippen LogP contribution in [0.5, 0.6) is 0 Å². The summed E-state index contributed by atoms with van der Waals surface area (Å²) in [5.74, 6) is 0.308. The molecule has 1 unspecified atom stereocenters. The largest absolute Gasteiger partial charge is 0.510 e. The van der Waals surface area contributed by atoms with Gasteiger partial charge in [0.1, 0.15) is 24.0 Å². The van der Waals surface area contributed by atoms with Crippen LogP contribution in [0, 0.1) is 18.3 Å². The van der Waals surface area contributed by atoms with Gasteiger partial charge in [-0.05, 0) is 37.6 Å². The van der Waals surface area contributed by atoms with E-state index in [9.17, 15) is 5.11 Å². The Kier molecular flexibility index (Phi) is 3.07. The molecule has 2 heterocycles. The molecular formula is C15H14ClN3O2. The number of nitriles is 1. The third-order valence-electron chi connectivity index (χ3n) is 4.02. The van der Waals surface area contributed by atoms with Crippen molar-refractivity contribution in [1.82, 2.24) is 4.90 Å². The average Bonchev–Trinajstić information content (AvgIpc) is 2.94. The Balaban J connectivity index is 1.98. The van der Waals surface area contributed by atoms with Gasteiger partial charge >= 0.3 is 0 Å². The highest BCUT2D eigenvalue weighted by molar-refractivity contribution is 6.32.